The fourth-order valence-corrected chi connectivity index (χ4v) is 3.28. The number of phenols is 1. The Morgan fingerprint density at radius 1 is 0.828 bits per heavy atom. The molecule has 3 rings (SSSR count). The first-order valence-electron chi connectivity index (χ1n) is 9.92. The summed E-state index contributed by atoms with van der Waals surface area (Å²) in [6, 6.07) is 9.07. The van der Waals surface area contributed by atoms with E-state index in [0.717, 1.165) is 31.5 Å². The van der Waals surface area contributed by atoms with Crippen LogP contribution >= 0.6 is 0 Å². The van der Waals surface area contributed by atoms with Crippen LogP contribution in [0.25, 0.3) is 11.1 Å². The van der Waals surface area contributed by atoms with E-state index in [9.17, 15) is 19.1 Å². The molecule has 0 atom stereocenters. The average Bonchev–Trinajstić information content (AvgIpc) is 2.71. The van der Waals surface area contributed by atoms with Crippen molar-refractivity contribution in [3.05, 3.63) is 53.3 Å². The fraction of sp³-hybridized carbons (Fsp3) is 0.364. The molecule has 0 aromatic heterocycles. The number of benzene rings is 2. The zero-order chi connectivity index (χ0) is 20.6. The second kappa shape index (κ2) is 10.0. The summed E-state index contributed by atoms with van der Waals surface area (Å²) in [5, 5.41) is 19.2. The predicted molar refractivity (Wildman–Crippen MR) is 109 cm³/mol. The molecule has 1 aliphatic heterocycles. The summed E-state index contributed by atoms with van der Waals surface area (Å²) in [6.07, 6.45) is 2.49. The number of hydrogen-bond donors (Lipinski definition) is 4. The van der Waals surface area contributed by atoms with Crippen LogP contribution < -0.4 is 16.0 Å². The zero-order valence-corrected chi connectivity index (χ0v) is 16.3. The van der Waals surface area contributed by atoms with Crippen LogP contribution in [0.5, 0.6) is 5.75 Å². The van der Waals surface area contributed by atoms with Gasteiger partial charge in [-0.3, -0.25) is 9.59 Å². The molecule has 4 bridgehead atoms. The highest BCUT2D eigenvalue weighted by Crippen LogP contribution is 2.32. The van der Waals surface area contributed by atoms with Gasteiger partial charge in [0.25, 0.3) is 5.91 Å². The van der Waals surface area contributed by atoms with E-state index in [0.29, 0.717) is 37.1 Å². The van der Waals surface area contributed by atoms with Gasteiger partial charge in [-0.1, -0.05) is 6.07 Å². The maximum Gasteiger partial charge on any atom is 0.251 e. The lowest BCUT2D eigenvalue weighted by Crippen LogP contribution is -2.28. The summed E-state index contributed by atoms with van der Waals surface area (Å²) in [4.78, 5) is 24.3. The molecule has 1 heterocycles. The monoisotopic (exact) mass is 399 g/mol. The Morgan fingerprint density at radius 3 is 2.52 bits per heavy atom. The molecule has 0 aliphatic carbocycles. The average molecular weight is 399 g/mol. The number of halogens is 1. The summed E-state index contributed by atoms with van der Waals surface area (Å²) in [5.74, 6) is -0.868. The summed E-state index contributed by atoms with van der Waals surface area (Å²) in [5.41, 5.74) is 1.68. The lowest BCUT2D eigenvalue weighted by atomic mass is 9.98. The number of hydrogen-bond acceptors (Lipinski definition) is 4. The van der Waals surface area contributed by atoms with Crippen molar-refractivity contribution >= 4 is 11.8 Å². The van der Waals surface area contributed by atoms with Crippen molar-refractivity contribution in [2.75, 3.05) is 26.2 Å². The van der Waals surface area contributed by atoms with E-state index in [1.165, 1.54) is 24.3 Å². The van der Waals surface area contributed by atoms with Crippen LogP contribution in [0.1, 0.15) is 35.2 Å². The van der Waals surface area contributed by atoms with Crippen molar-refractivity contribution in [3.63, 3.8) is 0 Å². The normalized spacial score (nSPS) is 16.7. The maximum atomic E-state index is 14.5. The number of carbonyl (C=O) groups is 2. The molecule has 0 unspecified atom stereocenters. The molecular formula is C22H26FN3O3. The molecule has 2 aromatic carbocycles. The molecule has 154 valence electrons. The highest BCUT2D eigenvalue weighted by atomic mass is 19.1. The second-order valence-electron chi connectivity index (χ2n) is 7.11. The molecule has 4 N–H and O–H groups in total. The number of phenolic OH excluding ortho intramolecular Hbond substituents is 1. The summed E-state index contributed by atoms with van der Waals surface area (Å²) < 4.78 is 14.5. The minimum atomic E-state index is -0.516. The minimum absolute atomic E-state index is 0.00488. The highest BCUT2D eigenvalue weighted by molar-refractivity contribution is 5.95. The zero-order valence-electron chi connectivity index (χ0n) is 16.3. The van der Waals surface area contributed by atoms with Crippen LogP contribution in [0, 0.1) is 5.82 Å². The van der Waals surface area contributed by atoms with Crippen LogP contribution in [-0.4, -0.2) is 43.1 Å². The number of rotatable bonds is 0. The Balaban J connectivity index is 1.88. The van der Waals surface area contributed by atoms with Crippen LogP contribution in [0.3, 0.4) is 0 Å². The number of amides is 2. The SMILES string of the molecule is O=C1CCCNCCCNC(=O)c2ccc(F)c(c2)-c2cc(ccc2O)CCN1. The Bertz CT molecular complexity index is 886. The third kappa shape index (κ3) is 5.77. The van der Waals surface area contributed by atoms with E-state index in [4.69, 9.17) is 0 Å². The molecule has 2 aromatic rings. The van der Waals surface area contributed by atoms with E-state index < -0.39 is 5.82 Å². The lowest BCUT2D eigenvalue weighted by Gasteiger charge is -2.11. The molecule has 6 nitrogen and oxygen atoms in total. The van der Waals surface area contributed by atoms with Gasteiger partial charge in [-0.05, 0) is 68.2 Å². The fourth-order valence-electron chi connectivity index (χ4n) is 3.28. The van der Waals surface area contributed by atoms with Gasteiger partial charge in [0.1, 0.15) is 11.6 Å². The molecule has 0 fully saturated rings. The van der Waals surface area contributed by atoms with Gasteiger partial charge in [-0.2, -0.15) is 0 Å². The van der Waals surface area contributed by atoms with Gasteiger partial charge in [0.15, 0.2) is 0 Å². The van der Waals surface area contributed by atoms with Crippen molar-refractivity contribution in [2.24, 2.45) is 0 Å². The van der Waals surface area contributed by atoms with Gasteiger partial charge >= 0.3 is 0 Å². The molecule has 0 saturated heterocycles. The van der Waals surface area contributed by atoms with Crippen molar-refractivity contribution in [3.8, 4) is 16.9 Å². The topological polar surface area (TPSA) is 90.5 Å². The largest absolute Gasteiger partial charge is 0.507 e. The molecule has 2 amide bonds. The van der Waals surface area contributed by atoms with Gasteiger partial charge in [0, 0.05) is 36.2 Å². The number of nitrogens with one attached hydrogen (secondary N) is 3. The van der Waals surface area contributed by atoms with Crippen molar-refractivity contribution in [1.82, 2.24) is 16.0 Å². The Kier molecular flexibility index (Phi) is 7.19. The molecule has 0 spiro atoms. The Labute approximate surface area is 169 Å². The summed E-state index contributed by atoms with van der Waals surface area (Å²) >= 11 is 0. The Morgan fingerprint density at radius 2 is 1.66 bits per heavy atom. The standard InChI is InChI=1S/C22H26FN3O3/c23-19-6-5-16-14-17(19)18-13-15(4-7-20(18)27)8-12-25-21(28)3-1-9-24-10-2-11-26-22(16)29/h4-7,13-14,24,27H,1-3,8-12H2,(H,25,28)(H,26,29). The first kappa shape index (κ1) is 20.8. The maximum absolute atomic E-state index is 14.5. The van der Waals surface area contributed by atoms with Crippen LogP contribution in [0.4, 0.5) is 4.39 Å². The second-order valence-corrected chi connectivity index (χ2v) is 7.11. The highest BCUT2D eigenvalue weighted by Gasteiger charge is 2.15. The molecule has 7 heteroatoms. The first-order chi connectivity index (χ1) is 14.0. The van der Waals surface area contributed by atoms with Crippen LogP contribution in [0.15, 0.2) is 36.4 Å². The van der Waals surface area contributed by atoms with Gasteiger partial charge < -0.3 is 21.1 Å². The quantitative estimate of drug-likeness (QED) is 0.547. The smallest absolute Gasteiger partial charge is 0.251 e. The first-order valence-corrected chi connectivity index (χ1v) is 9.92. The van der Waals surface area contributed by atoms with Gasteiger partial charge in [0.2, 0.25) is 5.91 Å². The molecule has 0 saturated carbocycles. The van der Waals surface area contributed by atoms with E-state index in [1.54, 1.807) is 12.1 Å². The lowest BCUT2D eigenvalue weighted by molar-refractivity contribution is -0.121. The number of aromatic hydroxyl groups is 1. The van der Waals surface area contributed by atoms with Crippen molar-refractivity contribution in [1.29, 1.82) is 0 Å². The summed E-state index contributed by atoms with van der Waals surface area (Å²) in [6.45, 7) is 2.42. The molecule has 0 radical (unpaired) electrons. The third-order valence-electron chi connectivity index (χ3n) is 4.89. The van der Waals surface area contributed by atoms with Crippen molar-refractivity contribution < 1.29 is 19.1 Å². The predicted octanol–water partition coefficient (Wildman–Crippen LogP) is 2.36. The number of carbonyl (C=O) groups excluding carboxylic acids is 2. The van der Waals surface area contributed by atoms with Crippen LogP contribution in [0.2, 0.25) is 0 Å². The van der Waals surface area contributed by atoms with Gasteiger partial charge in [-0.25, -0.2) is 4.39 Å². The van der Waals surface area contributed by atoms with Crippen molar-refractivity contribution in [2.45, 2.75) is 25.7 Å². The minimum Gasteiger partial charge on any atom is -0.507 e. The van der Waals surface area contributed by atoms with E-state index in [1.807, 2.05) is 0 Å². The molecule has 1 aliphatic rings. The van der Waals surface area contributed by atoms with E-state index in [-0.39, 0.29) is 23.1 Å². The molecule has 29 heavy (non-hydrogen) atoms. The van der Waals surface area contributed by atoms with E-state index in [2.05, 4.69) is 16.0 Å². The van der Waals surface area contributed by atoms with Crippen LogP contribution in [-0.2, 0) is 11.2 Å². The van der Waals surface area contributed by atoms with Gasteiger partial charge in [-0.15, -0.1) is 0 Å². The third-order valence-corrected chi connectivity index (χ3v) is 4.89. The molecular weight excluding hydrogens is 373 g/mol. The number of fused-ring (bicyclic) bond motifs is 5. The summed E-state index contributed by atoms with van der Waals surface area (Å²) in [7, 11) is 0. The van der Waals surface area contributed by atoms with E-state index >= 15 is 0 Å². The van der Waals surface area contributed by atoms with Gasteiger partial charge in [0.05, 0.1) is 0 Å². The Hall–Kier alpha value is -2.93.